The molecule has 1 heterocycles. The number of thioether (sulfide) groups is 1. The predicted octanol–water partition coefficient (Wildman–Crippen LogP) is 3.54. The Morgan fingerprint density at radius 2 is 2.17 bits per heavy atom. The molecule has 1 N–H and O–H groups in total. The fourth-order valence-electron chi connectivity index (χ4n) is 2.29. The number of nitrogens with zero attached hydrogens (tertiary/aromatic N) is 2. The van der Waals surface area contributed by atoms with Crippen LogP contribution in [0.25, 0.3) is 0 Å². The van der Waals surface area contributed by atoms with Gasteiger partial charge < -0.3 is 9.88 Å². The number of carbonyl (C=O) groups is 2. The molecule has 23 heavy (non-hydrogen) atoms. The Bertz CT molecular complexity index is 737. The van der Waals surface area contributed by atoms with Crippen molar-refractivity contribution < 1.29 is 9.59 Å². The first kappa shape index (κ1) is 15.8. The minimum Gasteiger partial charge on any atom is -0.325 e. The van der Waals surface area contributed by atoms with E-state index in [2.05, 4.69) is 14.9 Å². The monoisotopic (exact) mass is 329 g/mol. The first-order valence-corrected chi connectivity index (χ1v) is 8.54. The molecule has 1 fully saturated rings. The molecule has 1 saturated carbocycles. The van der Waals surface area contributed by atoms with E-state index in [-0.39, 0.29) is 16.9 Å². The van der Waals surface area contributed by atoms with E-state index in [1.807, 2.05) is 13.1 Å². The van der Waals surface area contributed by atoms with E-state index >= 15 is 0 Å². The second-order valence-electron chi connectivity index (χ2n) is 5.73. The highest BCUT2D eigenvalue weighted by Crippen LogP contribution is 2.38. The van der Waals surface area contributed by atoms with Crippen LogP contribution in [0.2, 0.25) is 0 Å². The number of anilines is 1. The minimum absolute atomic E-state index is 0.0185. The Hall–Kier alpha value is -2.08. The number of hydrogen-bond donors (Lipinski definition) is 1. The number of aromatic nitrogens is 2. The lowest BCUT2D eigenvalue weighted by Gasteiger charge is -2.13. The molecule has 120 valence electrons. The number of hydrogen-bond acceptors (Lipinski definition) is 4. The van der Waals surface area contributed by atoms with Crippen molar-refractivity contribution in [1.82, 2.24) is 9.55 Å². The maximum absolute atomic E-state index is 12.4. The van der Waals surface area contributed by atoms with Crippen LogP contribution in [-0.4, -0.2) is 26.5 Å². The lowest BCUT2D eigenvalue weighted by molar-refractivity contribution is -0.115. The third-order valence-electron chi connectivity index (χ3n) is 3.76. The van der Waals surface area contributed by atoms with E-state index in [1.165, 1.54) is 31.5 Å². The minimum atomic E-state index is -0.268. The van der Waals surface area contributed by atoms with Crippen LogP contribution < -0.4 is 5.32 Å². The van der Waals surface area contributed by atoms with Crippen molar-refractivity contribution in [2.24, 2.45) is 0 Å². The van der Waals surface area contributed by atoms with Crippen molar-refractivity contribution in [2.45, 2.75) is 43.1 Å². The standard InChI is InChI=1S/C17H19N3O2S/c1-11(21)13-4-3-5-14(10-13)19-16(22)12(2)23-17-18-8-9-20(17)15-6-7-15/h3-5,8-10,12,15H,6-7H2,1-2H3,(H,19,22)/t12-/m0/s1. The molecule has 1 aromatic heterocycles. The summed E-state index contributed by atoms with van der Waals surface area (Å²) in [6.07, 6.45) is 6.12. The van der Waals surface area contributed by atoms with Crippen molar-refractivity contribution >= 4 is 29.1 Å². The third kappa shape index (κ3) is 3.82. The van der Waals surface area contributed by atoms with Gasteiger partial charge in [0, 0.05) is 29.7 Å². The number of nitrogens with one attached hydrogen (secondary N) is 1. The third-order valence-corrected chi connectivity index (χ3v) is 4.86. The lowest BCUT2D eigenvalue weighted by atomic mass is 10.1. The molecule has 0 radical (unpaired) electrons. The maximum atomic E-state index is 12.4. The Morgan fingerprint density at radius 1 is 1.39 bits per heavy atom. The SMILES string of the molecule is CC(=O)c1cccc(NC(=O)[C@H](C)Sc2nccn2C2CC2)c1. The summed E-state index contributed by atoms with van der Waals surface area (Å²) in [5, 5.41) is 3.48. The number of rotatable bonds is 6. The zero-order valence-electron chi connectivity index (χ0n) is 13.2. The van der Waals surface area contributed by atoms with Crippen LogP contribution in [0.3, 0.4) is 0 Å². The van der Waals surface area contributed by atoms with Crippen LogP contribution in [-0.2, 0) is 4.79 Å². The molecule has 6 heteroatoms. The summed E-state index contributed by atoms with van der Waals surface area (Å²) in [6, 6.07) is 7.53. The largest absolute Gasteiger partial charge is 0.325 e. The molecule has 1 amide bonds. The second kappa shape index (κ2) is 6.58. The van der Waals surface area contributed by atoms with Crippen molar-refractivity contribution in [1.29, 1.82) is 0 Å². The summed E-state index contributed by atoms with van der Waals surface area (Å²) in [5.41, 5.74) is 1.23. The Labute approximate surface area is 139 Å². The summed E-state index contributed by atoms with van der Waals surface area (Å²) in [6.45, 7) is 3.37. The molecule has 1 aliphatic rings. The highest BCUT2D eigenvalue weighted by molar-refractivity contribution is 8.00. The van der Waals surface area contributed by atoms with Crippen LogP contribution in [0.15, 0.2) is 41.8 Å². The molecule has 1 aromatic carbocycles. The Balaban J connectivity index is 1.64. The highest BCUT2D eigenvalue weighted by Gasteiger charge is 2.27. The van der Waals surface area contributed by atoms with Gasteiger partial charge in [-0.3, -0.25) is 9.59 Å². The summed E-state index contributed by atoms with van der Waals surface area (Å²) < 4.78 is 2.14. The van der Waals surface area contributed by atoms with Crippen molar-refractivity contribution in [3.8, 4) is 0 Å². The van der Waals surface area contributed by atoms with Crippen LogP contribution >= 0.6 is 11.8 Å². The number of imidazole rings is 1. The first-order chi connectivity index (χ1) is 11.0. The van der Waals surface area contributed by atoms with Gasteiger partial charge in [-0.1, -0.05) is 23.9 Å². The smallest absolute Gasteiger partial charge is 0.237 e. The van der Waals surface area contributed by atoms with Crippen LogP contribution in [0.1, 0.15) is 43.1 Å². The lowest BCUT2D eigenvalue weighted by Crippen LogP contribution is -2.23. The van der Waals surface area contributed by atoms with Gasteiger partial charge in [0.15, 0.2) is 10.9 Å². The number of ketones is 1. The van der Waals surface area contributed by atoms with Crippen LogP contribution in [0.5, 0.6) is 0 Å². The molecule has 0 spiro atoms. The average molecular weight is 329 g/mol. The summed E-state index contributed by atoms with van der Waals surface area (Å²) >= 11 is 1.46. The fraction of sp³-hybridized carbons (Fsp3) is 0.353. The van der Waals surface area contributed by atoms with Gasteiger partial charge in [0.25, 0.3) is 0 Å². The molecule has 1 atom stereocenters. The molecular weight excluding hydrogens is 310 g/mol. The molecule has 0 unspecified atom stereocenters. The van der Waals surface area contributed by atoms with Crippen molar-refractivity contribution in [2.75, 3.05) is 5.32 Å². The molecular formula is C17H19N3O2S. The van der Waals surface area contributed by atoms with Gasteiger partial charge in [-0.15, -0.1) is 0 Å². The van der Waals surface area contributed by atoms with E-state index in [0.29, 0.717) is 17.3 Å². The highest BCUT2D eigenvalue weighted by atomic mass is 32.2. The summed E-state index contributed by atoms with van der Waals surface area (Å²) in [5.74, 6) is -0.115. The van der Waals surface area contributed by atoms with Crippen LogP contribution in [0, 0.1) is 0 Å². The van der Waals surface area contributed by atoms with E-state index in [0.717, 1.165) is 5.16 Å². The maximum Gasteiger partial charge on any atom is 0.237 e. The molecule has 0 saturated heterocycles. The molecule has 2 aromatic rings. The number of amides is 1. The Morgan fingerprint density at radius 3 is 2.87 bits per heavy atom. The number of benzene rings is 1. The molecule has 5 nitrogen and oxygen atoms in total. The molecule has 3 rings (SSSR count). The van der Waals surface area contributed by atoms with Crippen LogP contribution in [0.4, 0.5) is 5.69 Å². The van der Waals surface area contributed by atoms with E-state index in [4.69, 9.17) is 0 Å². The quantitative estimate of drug-likeness (QED) is 0.650. The van der Waals surface area contributed by atoms with E-state index < -0.39 is 0 Å². The fourth-order valence-corrected chi connectivity index (χ4v) is 3.23. The van der Waals surface area contributed by atoms with Crippen molar-refractivity contribution in [3.05, 3.63) is 42.2 Å². The predicted molar refractivity (Wildman–Crippen MR) is 90.9 cm³/mol. The van der Waals surface area contributed by atoms with Gasteiger partial charge >= 0.3 is 0 Å². The molecule has 0 bridgehead atoms. The second-order valence-corrected chi connectivity index (χ2v) is 7.04. The zero-order chi connectivity index (χ0) is 16.4. The first-order valence-electron chi connectivity index (χ1n) is 7.66. The summed E-state index contributed by atoms with van der Waals surface area (Å²) in [4.78, 5) is 28.1. The normalized spacial score (nSPS) is 15.2. The Kier molecular flexibility index (Phi) is 4.52. The van der Waals surface area contributed by atoms with Gasteiger partial charge in [-0.05, 0) is 38.8 Å². The van der Waals surface area contributed by atoms with Gasteiger partial charge in [0.1, 0.15) is 0 Å². The van der Waals surface area contributed by atoms with Gasteiger partial charge in [0.2, 0.25) is 5.91 Å². The average Bonchev–Trinajstić information content (AvgIpc) is 3.27. The van der Waals surface area contributed by atoms with Gasteiger partial charge in [-0.2, -0.15) is 0 Å². The molecule has 1 aliphatic carbocycles. The topological polar surface area (TPSA) is 64.0 Å². The number of carbonyl (C=O) groups excluding carboxylic acids is 2. The van der Waals surface area contributed by atoms with Crippen molar-refractivity contribution in [3.63, 3.8) is 0 Å². The van der Waals surface area contributed by atoms with E-state index in [1.54, 1.807) is 30.5 Å². The summed E-state index contributed by atoms with van der Waals surface area (Å²) in [7, 11) is 0. The van der Waals surface area contributed by atoms with Gasteiger partial charge in [-0.25, -0.2) is 4.98 Å². The number of Topliss-reactive ketones (excluding diaryl/α,β-unsaturated/α-hetero) is 1. The van der Waals surface area contributed by atoms with Gasteiger partial charge in [0.05, 0.1) is 5.25 Å². The molecule has 0 aliphatic heterocycles. The zero-order valence-corrected chi connectivity index (χ0v) is 14.0. The van der Waals surface area contributed by atoms with E-state index in [9.17, 15) is 9.59 Å².